The number of nitrogens with two attached hydrogens (primary N) is 1. The maximum absolute atomic E-state index is 5.79. The second-order valence-electron chi connectivity index (χ2n) is 3.62. The lowest BCUT2D eigenvalue weighted by Crippen LogP contribution is -1.96. The lowest BCUT2D eigenvalue weighted by molar-refractivity contribution is 1.06. The van der Waals surface area contributed by atoms with E-state index in [1.807, 2.05) is 10.6 Å². The lowest BCUT2D eigenvalue weighted by Gasteiger charge is -1.96. The molecule has 1 fully saturated rings. The fourth-order valence-corrected chi connectivity index (χ4v) is 1.78. The quantitative estimate of drug-likeness (QED) is 0.778. The van der Waals surface area contributed by atoms with E-state index in [0.29, 0.717) is 22.5 Å². The fraction of sp³-hybridized carbons (Fsp3) is 0.333. The van der Waals surface area contributed by atoms with Crippen molar-refractivity contribution in [2.24, 2.45) is 0 Å². The first-order valence-corrected chi connectivity index (χ1v) is 4.92. The molecule has 0 bridgehead atoms. The van der Waals surface area contributed by atoms with Crippen LogP contribution in [-0.2, 0) is 0 Å². The second kappa shape index (κ2) is 2.60. The molecule has 2 aromatic heterocycles. The highest BCUT2D eigenvalue weighted by molar-refractivity contribution is 6.29. The molecule has 72 valence electrons. The number of halogens is 1. The summed E-state index contributed by atoms with van der Waals surface area (Å²) in [6.07, 6.45) is 6.17. The van der Waals surface area contributed by atoms with Gasteiger partial charge in [0.2, 0.25) is 0 Å². The fourth-order valence-electron chi connectivity index (χ4n) is 1.58. The number of rotatable bonds is 1. The maximum atomic E-state index is 5.79. The molecule has 0 spiro atoms. The first-order chi connectivity index (χ1) is 6.74. The summed E-state index contributed by atoms with van der Waals surface area (Å²) in [5, 5.41) is 0.398. The van der Waals surface area contributed by atoms with Crippen molar-refractivity contribution in [1.29, 1.82) is 0 Å². The van der Waals surface area contributed by atoms with E-state index in [4.69, 9.17) is 17.3 Å². The second-order valence-corrected chi connectivity index (χ2v) is 4.01. The Labute approximate surface area is 85.7 Å². The predicted octanol–water partition coefficient (Wildman–Crippen LogP) is 1.84. The first kappa shape index (κ1) is 8.05. The van der Waals surface area contributed by atoms with Crippen molar-refractivity contribution in [1.82, 2.24) is 14.4 Å². The minimum absolute atomic E-state index is 0.393. The number of aromatic nitrogens is 3. The minimum Gasteiger partial charge on any atom is -0.381 e. The van der Waals surface area contributed by atoms with Crippen LogP contribution in [0.1, 0.15) is 24.5 Å². The Morgan fingerprint density at radius 3 is 2.86 bits per heavy atom. The lowest BCUT2D eigenvalue weighted by atomic mass is 10.3. The van der Waals surface area contributed by atoms with Crippen LogP contribution in [0, 0.1) is 0 Å². The Hall–Kier alpha value is -1.29. The normalized spacial score (nSPS) is 16.4. The van der Waals surface area contributed by atoms with Gasteiger partial charge in [-0.15, -0.1) is 0 Å². The summed E-state index contributed by atoms with van der Waals surface area (Å²) < 4.78 is 1.85. The molecule has 0 atom stereocenters. The number of hydrogen-bond donors (Lipinski definition) is 1. The van der Waals surface area contributed by atoms with Gasteiger partial charge >= 0.3 is 0 Å². The van der Waals surface area contributed by atoms with E-state index in [1.54, 1.807) is 6.20 Å². The van der Waals surface area contributed by atoms with Gasteiger partial charge in [-0.3, -0.25) is 0 Å². The summed E-state index contributed by atoms with van der Waals surface area (Å²) in [4.78, 5) is 8.39. The van der Waals surface area contributed by atoms with Crippen LogP contribution in [0.2, 0.25) is 5.15 Å². The number of nitrogen functional groups attached to an aromatic ring is 1. The van der Waals surface area contributed by atoms with Gasteiger partial charge < -0.3 is 10.1 Å². The summed E-state index contributed by atoms with van der Waals surface area (Å²) in [5.41, 5.74) is 7.51. The highest BCUT2D eigenvalue weighted by atomic mass is 35.5. The summed E-state index contributed by atoms with van der Waals surface area (Å²) in [6, 6.07) is 0. The minimum atomic E-state index is 0.393. The van der Waals surface area contributed by atoms with Gasteiger partial charge in [0, 0.05) is 18.3 Å². The molecule has 0 unspecified atom stereocenters. The van der Waals surface area contributed by atoms with Crippen molar-refractivity contribution in [2.45, 2.75) is 18.8 Å². The predicted molar refractivity (Wildman–Crippen MR) is 54.4 cm³/mol. The van der Waals surface area contributed by atoms with Crippen LogP contribution >= 0.6 is 11.6 Å². The third kappa shape index (κ3) is 1.14. The molecule has 1 aliphatic carbocycles. The van der Waals surface area contributed by atoms with E-state index >= 15 is 0 Å². The van der Waals surface area contributed by atoms with Gasteiger partial charge in [-0.25, -0.2) is 9.97 Å². The monoisotopic (exact) mass is 208 g/mol. The SMILES string of the molecule is Nc1nc(Cl)cn2cc(C3CC3)nc12. The van der Waals surface area contributed by atoms with Crippen LogP contribution in [0.25, 0.3) is 5.65 Å². The van der Waals surface area contributed by atoms with Crippen molar-refractivity contribution in [3.8, 4) is 0 Å². The number of anilines is 1. The molecule has 0 saturated heterocycles. The molecule has 0 aliphatic heterocycles. The molecule has 0 aromatic carbocycles. The molecule has 1 saturated carbocycles. The number of nitrogens with zero attached hydrogens (tertiary/aromatic N) is 3. The number of fused-ring (bicyclic) bond motifs is 1. The van der Waals surface area contributed by atoms with E-state index in [-0.39, 0.29) is 0 Å². The maximum Gasteiger partial charge on any atom is 0.180 e. The Morgan fingerprint density at radius 2 is 2.14 bits per heavy atom. The third-order valence-electron chi connectivity index (χ3n) is 2.45. The van der Waals surface area contributed by atoms with Gasteiger partial charge in [0.05, 0.1) is 5.69 Å². The van der Waals surface area contributed by atoms with E-state index in [1.165, 1.54) is 12.8 Å². The van der Waals surface area contributed by atoms with Crippen LogP contribution in [0.3, 0.4) is 0 Å². The van der Waals surface area contributed by atoms with Crippen molar-refractivity contribution in [2.75, 3.05) is 5.73 Å². The van der Waals surface area contributed by atoms with E-state index in [0.717, 1.165) is 5.69 Å². The van der Waals surface area contributed by atoms with E-state index in [9.17, 15) is 0 Å². The molecule has 0 amide bonds. The third-order valence-corrected chi connectivity index (χ3v) is 2.63. The summed E-state index contributed by atoms with van der Waals surface area (Å²) >= 11 is 5.79. The molecule has 14 heavy (non-hydrogen) atoms. The molecule has 2 aromatic rings. The molecule has 1 aliphatic rings. The van der Waals surface area contributed by atoms with Crippen LogP contribution in [-0.4, -0.2) is 14.4 Å². The standard InChI is InChI=1S/C9H9ClN4/c10-7-4-14-3-6(5-1-2-5)12-9(14)8(11)13-7/h3-5H,1-2H2,(H2,11,13). The van der Waals surface area contributed by atoms with Crippen molar-refractivity contribution >= 4 is 23.1 Å². The van der Waals surface area contributed by atoms with Gasteiger partial charge in [-0.1, -0.05) is 11.6 Å². The zero-order valence-electron chi connectivity index (χ0n) is 7.44. The molecule has 3 rings (SSSR count). The largest absolute Gasteiger partial charge is 0.381 e. The van der Waals surface area contributed by atoms with Crippen LogP contribution < -0.4 is 5.73 Å². The molecular weight excluding hydrogens is 200 g/mol. The Morgan fingerprint density at radius 1 is 1.36 bits per heavy atom. The van der Waals surface area contributed by atoms with Gasteiger partial charge in [0.15, 0.2) is 11.5 Å². The van der Waals surface area contributed by atoms with Crippen molar-refractivity contribution in [3.63, 3.8) is 0 Å². The van der Waals surface area contributed by atoms with E-state index in [2.05, 4.69) is 9.97 Å². The molecule has 2 heterocycles. The molecule has 2 N–H and O–H groups in total. The van der Waals surface area contributed by atoms with Crippen LogP contribution in [0.4, 0.5) is 5.82 Å². The van der Waals surface area contributed by atoms with Crippen molar-refractivity contribution in [3.05, 3.63) is 23.2 Å². The summed E-state index contributed by atoms with van der Waals surface area (Å²) in [6.45, 7) is 0. The number of hydrogen-bond acceptors (Lipinski definition) is 3. The van der Waals surface area contributed by atoms with Crippen molar-refractivity contribution < 1.29 is 0 Å². The first-order valence-electron chi connectivity index (χ1n) is 4.54. The average Bonchev–Trinajstić information content (AvgIpc) is 2.87. The zero-order chi connectivity index (χ0) is 9.71. The Bertz CT molecular complexity index is 501. The Balaban J connectivity index is 2.26. The summed E-state index contributed by atoms with van der Waals surface area (Å²) in [7, 11) is 0. The molecule has 4 nitrogen and oxygen atoms in total. The Kier molecular flexibility index (Phi) is 1.50. The highest BCUT2D eigenvalue weighted by Gasteiger charge is 2.26. The van der Waals surface area contributed by atoms with E-state index < -0.39 is 0 Å². The molecule has 0 radical (unpaired) electrons. The van der Waals surface area contributed by atoms with Gasteiger partial charge in [0.25, 0.3) is 0 Å². The highest BCUT2D eigenvalue weighted by Crippen LogP contribution is 2.39. The van der Waals surface area contributed by atoms with Gasteiger partial charge in [0.1, 0.15) is 5.15 Å². The summed E-state index contributed by atoms with van der Waals surface area (Å²) in [5.74, 6) is 1.01. The zero-order valence-corrected chi connectivity index (χ0v) is 8.20. The van der Waals surface area contributed by atoms with Gasteiger partial charge in [-0.05, 0) is 12.8 Å². The molecule has 5 heteroatoms. The van der Waals surface area contributed by atoms with Gasteiger partial charge in [-0.2, -0.15) is 0 Å². The smallest absolute Gasteiger partial charge is 0.180 e. The number of imidazole rings is 1. The van der Waals surface area contributed by atoms with Crippen LogP contribution in [0.5, 0.6) is 0 Å². The average molecular weight is 209 g/mol. The topological polar surface area (TPSA) is 56.2 Å². The molecular formula is C9H9ClN4. The van der Waals surface area contributed by atoms with Crippen LogP contribution in [0.15, 0.2) is 12.4 Å².